The molecule has 2 fully saturated rings. The number of aryl methyl sites for hydroxylation is 1. The number of aromatic amines is 1. The molecule has 7 aromatic rings. The zero-order chi connectivity index (χ0) is 69.0. The van der Waals surface area contributed by atoms with E-state index in [1.807, 2.05) is 60.8 Å². The number of carbonyl (C=O) groups is 2. The third-order valence-electron chi connectivity index (χ3n) is 23.1. The second kappa shape index (κ2) is 30.5. The topological polar surface area (TPSA) is 237 Å². The Hall–Kier alpha value is -8.60. The van der Waals surface area contributed by atoms with E-state index in [1.165, 1.54) is 7.11 Å². The third kappa shape index (κ3) is 15.0. The maximum Gasteiger partial charge on any atom is 0.173 e. The van der Waals surface area contributed by atoms with E-state index in [9.17, 15) is 40.5 Å². The molecule has 0 radical (unpaired) electrons. The number of allylic oxidation sites excluding steroid dienone is 2. The molecule has 14 nitrogen and oxygen atoms in total. The fourth-order valence-corrected chi connectivity index (χ4v) is 17.8. The largest absolute Gasteiger partial charge is 0.508 e. The minimum absolute atomic E-state index is 0.00809. The van der Waals surface area contributed by atoms with E-state index in [-0.39, 0.29) is 109 Å². The van der Waals surface area contributed by atoms with Gasteiger partial charge in [0.05, 0.1) is 31.8 Å². The van der Waals surface area contributed by atoms with Crippen LogP contribution in [0.3, 0.4) is 0 Å². The van der Waals surface area contributed by atoms with Gasteiger partial charge in [0.1, 0.15) is 17.3 Å². The summed E-state index contributed by atoms with van der Waals surface area (Å²) in [5.41, 5.74) is 11.4. The number of β-amino-alcohol motifs (C(OH)–C–C–N with tert-alkyl or cyclic N) is 1. The number of aromatic nitrogens is 1. The highest BCUT2D eigenvalue weighted by molar-refractivity contribution is 6.06. The van der Waals surface area contributed by atoms with Crippen LogP contribution >= 0.6 is 0 Å². The van der Waals surface area contributed by atoms with Crippen LogP contribution in [-0.4, -0.2) is 97.4 Å². The van der Waals surface area contributed by atoms with Crippen molar-refractivity contribution >= 4 is 28.0 Å². The van der Waals surface area contributed by atoms with Gasteiger partial charge in [0.15, 0.2) is 29.2 Å². The van der Waals surface area contributed by atoms with Crippen LogP contribution in [0.5, 0.6) is 23.0 Å². The van der Waals surface area contributed by atoms with E-state index in [0.29, 0.717) is 98.6 Å². The molecule has 13 rings (SSSR count). The molecule has 13 bridgehead atoms. The van der Waals surface area contributed by atoms with Crippen molar-refractivity contribution in [1.29, 1.82) is 0 Å². The number of hydrogen-bond acceptors (Lipinski definition) is 13. The number of anilines is 1. The van der Waals surface area contributed by atoms with Gasteiger partial charge >= 0.3 is 0 Å². The van der Waals surface area contributed by atoms with Gasteiger partial charge in [0.25, 0.3) is 0 Å². The average molecular weight is 1330 g/mol. The van der Waals surface area contributed by atoms with Crippen LogP contribution < -0.4 is 20.7 Å². The van der Waals surface area contributed by atoms with Crippen LogP contribution in [0.25, 0.3) is 10.8 Å². The number of H-pyrrole nitrogens is 1. The van der Waals surface area contributed by atoms with Crippen molar-refractivity contribution in [3.05, 3.63) is 206 Å². The number of aliphatic hydroxyl groups excluding tert-OH is 4. The van der Waals surface area contributed by atoms with E-state index in [1.54, 1.807) is 18.2 Å². The summed E-state index contributed by atoms with van der Waals surface area (Å²) in [5.74, 6) is 12.3. The van der Waals surface area contributed by atoms with E-state index in [0.717, 1.165) is 74.4 Å². The summed E-state index contributed by atoms with van der Waals surface area (Å²) in [7, 11) is 1.49. The first kappa shape index (κ1) is 68.9. The predicted octanol–water partition coefficient (Wildman–Crippen LogP) is 12.7. The molecule has 6 aliphatic rings. The molecule has 4 aliphatic carbocycles. The maximum absolute atomic E-state index is 15.8. The van der Waals surface area contributed by atoms with Gasteiger partial charge in [0.2, 0.25) is 0 Å². The van der Waals surface area contributed by atoms with Crippen molar-refractivity contribution < 1.29 is 50.1 Å². The first-order chi connectivity index (χ1) is 48.0. The Morgan fingerprint density at radius 1 is 0.707 bits per heavy atom. The van der Waals surface area contributed by atoms with Crippen molar-refractivity contribution in [2.45, 2.75) is 153 Å². The highest BCUT2D eigenvalue weighted by Crippen LogP contribution is 2.51. The number of aliphatic hydroxyl groups is 4. The minimum Gasteiger partial charge on any atom is -0.508 e. The summed E-state index contributed by atoms with van der Waals surface area (Å²) in [6.45, 7) is 7.60. The summed E-state index contributed by atoms with van der Waals surface area (Å²) < 4.78 is 5.73. The molecule has 2 saturated carbocycles. The zero-order valence-electron chi connectivity index (χ0n) is 57.4. The van der Waals surface area contributed by atoms with Crippen molar-refractivity contribution in [2.24, 2.45) is 53.3 Å². The number of phenols is 3. The molecular weight excluding hydrogens is 1240 g/mol. The van der Waals surface area contributed by atoms with E-state index < -0.39 is 47.6 Å². The molecule has 3 heterocycles. The second-order valence-corrected chi connectivity index (χ2v) is 29.4. The summed E-state index contributed by atoms with van der Waals surface area (Å²) in [6.07, 6.45) is 9.22. The van der Waals surface area contributed by atoms with Gasteiger partial charge in [0, 0.05) is 91.6 Å². The molecule has 516 valence electrons. The lowest BCUT2D eigenvalue weighted by Gasteiger charge is -2.40. The van der Waals surface area contributed by atoms with Crippen molar-refractivity contribution in [2.75, 3.05) is 32.1 Å². The Kier molecular flexibility index (Phi) is 21.2. The van der Waals surface area contributed by atoms with Gasteiger partial charge < -0.3 is 61.4 Å². The summed E-state index contributed by atoms with van der Waals surface area (Å²) in [4.78, 5) is 34.0. The van der Waals surface area contributed by atoms with Gasteiger partial charge in [-0.3, -0.25) is 9.59 Å². The van der Waals surface area contributed by atoms with Crippen LogP contribution in [0.2, 0.25) is 0 Å². The van der Waals surface area contributed by atoms with Crippen LogP contribution in [-0.2, 0) is 48.3 Å². The molecular formula is C85H96N4O10. The zero-order valence-corrected chi connectivity index (χ0v) is 57.4. The van der Waals surface area contributed by atoms with Gasteiger partial charge in [-0.1, -0.05) is 130 Å². The minimum atomic E-state index is -1.92. The Morgan fingerprint density at radius 3 is 2.33 bits per heavy atom. The number of Topliss-reactive ketones (excluding diaryl/α,β-unsaturated/α-hetero) is 2. The van der Waals surface area contributed by atoms with Gasteiger partial charge in [-0.15, -0.1) is 5.92 Å². The number of fused-ring (bicyclic) bond motifs is 15. The number of phenolic OH excluding ortho intramolecular Hbond substituents is 2. The number of rotatable bonds is 8. The fourth-order valence-electron chi connectivity index (χ4n) is 17.8. The normalized spacial score (nSPS) is 28.2. The fraction of sp³-hybridized carbons (Fsp3) is 0.435. The number of aromatic hydroxyl groups is 3. The van der Waals surface area contributed by atoms with E-state index in [2.05, 4.69) is 120 Å². The molecule has 6 aromatic carbocycles. The first-order valence-electron chi connectivity index (χ1n) is 36.1. The lowest BCUT2D eigenvalue weighted by Crippen LogP contribution is -2.40. The molecule has 0 amide bonds. The van der Waals surface area contributed by atoms with Gasteiger partial charge in [-0.2, -0.15) is 0 Å². The summed E-state index contributed by atoms with van der Waals surface area (Å²) >= 11 is 0. The molecule has 11 N–H and O–H groups in total. The summed E-state index contributed by atoms with van der Waals surface area (Å²) in [6, 6.07) is 37.9. The van der Waals surface area contributed by atoms with Crippen LogP contribution in [0.4, 0.5) is 5.69 Å². The Balaban J connectivity index is 1.02. The monoisotopic (exact) mass is 1330 g/mol. The molecule has 0 saturated heterocycles. The van der Waals surface area contributed by atoms with Crippen LogP contribution in [0.15, 0.2) is 145 Å². The summed E-state index contributed by atoms with van der Waals surface area (Å²) in [5, 5.41) is 95.4. The van der Waals surface area contributed by atoms with E-state index in [4.69, 9.17) is 4.74 Å². The Bertz CT molecular complexity index is 4300. The molecule has 0 unspecified atom stereocenters. The maximum atomic E-state index is 15.8. The molecule has 1 aromatic heterocycles. The van der Waals surface area contributed by atoms with Crippen LogP contribution in [0.1, 0.15) is 158 Å². The van der Waals surface area contributed by atoms with E-state index >= 15 is 4.79 Å². The number of carbonyl (C=O) groups excluding carboxylic acids is 2. The van der Waals surface area contributed by atoms with Crippen LogP contribution in [0, 0.1) is 76.9 Å². The number of nitrogens with one attached hydrogen (secondary N) is 4. The lowest BCUT2D eigenvalue weighted by molar-refractivity contribution is -0.142. The SMILES string of the molecule is CCC[C@@H]1[C@H]2C[C@@H]3C[C@@H]4C#C[C@H](c5cc(O)c(OC)cc5CCC(=O)[C@@H](O)C(=O)[C@@H]4C2)c2ccccc2[C@@H]2C[C@H](C)[C@@H](Cc4cccc(O)c4CO)[C@@H](C#CC[C@H]3C3=CCNC(=C3)Nc3cc4c(O)c(ccc4cc3Cc3ccccc3)C[C@@H](O)CNC[C@@H](C)c3c[nH]c(c3)C[C@H]1O)C2. The molecule has 15 atom stereocenters. The third-order valence-corrected chi connectivity index (χ3v) is 23.1. The number of ether oxygens (including phenoxy) is 1. The molecule has 0 spiro atoms. The van der Waals surface area contributed by atoms with Crippen molar-refractivity contribution in [3.8, 4) is 46.7 Å². The quantitative estimate of drug-likeness (QED) is 0.0502. The Labute approximate surface area is 582 Å². The molecule has 2 aliphatic heterocycles. The van der Waals surface area contributed by atoms with Gasteiger partial charge in [-0.25, -0.2) is 0 Å². The van der Waals surface area contributed by atoms with Crippen molar-refractivity contribution in [3.63, 3.8) is 0 Å². The smallest absolute Gasteiger partial charge is 0.173 e. The highest BCUT2D eigenvalue weighted by Gasteiger charge is 2.46. The van der Waals surface area contributed by atoms with Gasteiger partial charge in [-0.05, 0) is 209 Å². The first-order valence-corrected chi connectivity index (χ1v) is 36.1. The average Bonchev–Trinajstić information content (AvgIpc) is 1.49. The Morgan fingerprint density at radius 2 is 1.53 bits per heavy atom. The van der Waals surface area contributed by atoms with Crippen molar-refractivity contribution in [1.82, 2.24) is 15.6 Å². The lowest BCUT2D eigenvalue weighted by atomic mass is 9.64. The molecule has 14 heteroatoms. The number of hydrogen-bond donors (Lipinski definition) is 11. The number of ketones is 2. The standard InChI is InChI=1S/C85H96N4O10/c1-5-13-68-61-35-60-33-55-24-26-70(72-44-80(95)81(99-4)40-56(72)25-27-78(93)85(98)84(97)73(55)39-61)69-19-10-9-18-67(69)59-30-49(2)71(38-53-17-12-21-77(92)75(53)48-90)52(32-59)16-11-20-66(60)57-28-29-87-82(41-57)89-76-43-74-54(34-62(76)31-51-14-7-6-8-15-51)22-23-58(83(74)96)37-65(91)47-86-45-50(3)63-36-64(88-46-63)42-79(68)94/h6-10,12,14-15,17-19,21-23,28,34,36,40-41,43-44,46,49-50,52,55,59-61,65-66,68,70-71,73,79,85-92,94-96,98H,5,13,20,25,27,29-33,35,37-39,42,45,47-48H2,1-4H3/t49-,50+,52-,55-,59+,60-,61-,65+,66-,68+,70-,71+,73+,79+,85+/m0/s1. The number of benzene rings is 6. The number of methoxy groups -OCH3 is 1. The number of dihydropyridines is 1. The predicted molar refractivity (Wildman–Crippen MR) is 387 cm³/mol. The highest BCUT2D eigenvalue weighted by atomic mass is 16.5. The second-order valence-electron chi connectivity index (χ2n) is 29.4. The molecule has 99 heavy (non-hydrogen) atoms.